The molecule has 0 saturated carbocycles. The van der Waals surface area contributed by atoms with Gasteiger partial charge >= 0.3 is 5.97 Å². The Morgan fingerprint density at radius 2 is 2.10 bits per heavy atom. The molecule has 0 radical (unpaired) electrons. The molecule has 1 N–H and O–H groups in total. The second kappa shape index (κ2) is 8.91. The number of hydrogen-bond donors (Lipinski definition) is 1. The summed E-state index contributed by atoms with van der Waals surface area (Å²) in [4.78, 5) is 40.5. The maximum atomic E-state index is 12.8. The molecule has 10 heteroatoms. The molecule has 0 unspecified atom stereocenters. The van der Waals surface area contributed by atoms with E-state index >= 15 is 0 Å². The van der Waals surface area contributed by atoms with Crippen LogP contribution in [0.4, 0.5) is 5.69 Å². The van der Waals surface area contributed by atoms with Crippen LogP contribution < -0.4 is 10.9 Å². The summed E-state index contributed by atoms with van der Waals surface area (Å²) in [5.74, 6) is -0.684. The molecule has 0 aliphatic carbocycles. The van der Waals surface area contributed by atoms with E-state index in [1.807, 2.05) is 11.4 Å². The lowest BCUT2D eigenvalue weighted by Crippen LogP contribution is -2.39. The molecule has 0 atom stereocenters. The minimum Gasteiger partial charge on any atom is -0.465 e. The second-order valence-electron chi connectivity index (χ2n) is 6.89. The van der Waals surface area contributed by atoms with E-state index in [0.717, 1.165) is 11.1 Å². The van der Waals surface area contributed by atoms with Gasteiger partial charge in [-0.1, -0.05) is 23.7 Å². The Hall–Kier alpha value is -3.17. The fourth-order valence-corrected chi connectivity index (χ4v) is 4.50. The van der Waals surface area contributed by atoms with Crippen molar-refractivity contribution in [3.05, 3.63) is 73.3 Å². The number of para-hydroxylation sites is 1. The Bertz CT molecular complexity index is 1210. The molecule has 0 bridgehead atoms. The summed E-state index contributed by atoms with van der Waals surface area (Å²) in [6, 6.07) is 8.48. The van der Waals surface area contributed by atoms with E-state index in [-0.39, 0.29) is 34.4 Å². The van der Waals surface area contributed by atoms with Gasteiger partial charge in [0.2, 0.25) is 5.91 Å². The Morgan fingerprint density at radius 1 is 1.29 bits per heavy atom. The molecule has 0 fully saturated rings. The molecule has 8 nitrogen and oxygen atoms in total. The van der Waals surface area contributed by atoms with Gasteiger partial charge in [0.1, 0.15) is 5.02 Å². The summed E-state index contributed by atoms with van der Waals surface area (Å²) >= 11 is 7.97. The van der Waals surface area contributed by atoms with E-state index in [4.69, 9.17) is 16.3 Å². The summed E-state index contributed by atoms with van der Waals surface area (Å²) < 4.78 is 5.79. The highest BCUT2D eigenvalue weighted by atomic mass is 35.5. The minimum atomic E-state index is -0.614. The van der Waals surface area contributed by atoms with Crippen molar-refractivity contribution in [3.8, 4) is 5.69 Å². The average molecular weight is 459 g/mol. The van der Waals surface area contributed by atoms with Gasteiger partial charge in [-0.25, -0.2) is 4.79 Å². The largest absolute Gasteiger partial charge is 0.465 e. The maximum Gasteiger partial charge on any atom is 0.340 e. The van der Waals surface area contributed by atoms with Crippen molar-refractivity contribution in [1.29, 1.82) is 0 Å². The Balaban J connectivity index is 1.51. The van der Waals surface area contributed by atoms with Crippen LogP contribution in [0, 0.1) is 0 Å². The van der Waals surface area contributed by atoms with Gasteiger partial charge in [0.15, 0.2) is 0 Å². The molecular weight excluding hydrogens is 440 g/mol. The van der Waals surface area contributed by atoms with Crippen LogP contribution >= 0.6 is 22.9 Å². The van der Waals surface area contributed by atoms with Gasteiger partial charge in [0, 0.05) is 18.0 Å². The summed E-state index contributed by atoms with van der Waals surface area (Å²) in [5.41, 5.74) is 1.25. The molecule has 0 spiro atoms. The number of ether oxygens (including phenoxy) is 1. The van der Waals surface area contributed by atoms with Gasteiger partial charge < -0.3 is 15.0 Å². The summed E-state index contributed by atoms with van der Waals surface area (Å²) in [6.07, 6.45) is 2.20. The number of methoxy groups -OCH3 is 1. The van der Waals surface area contributed by atoms with Gasteiger partial charge in [0.25, 0.3) is 5.56 Å². The van der Waals surface area contributed by atoms with E-state index in [1.54, 1.807) is 34.4 Å². The first kappa shape index (κ1) is 21.1. The Labute approximate surface area is 187 Å². The smallest absolute Gasteiger partial charge is 0.340 e. The third-order valence-corrected chi connectivity index (χ3v) is 6.44. The molecule has 1 aromatic carbocycles. The zero-order chi connectivity index (χ0) is 22.0. The number of amides is 1. The van der Waals surface area contributed by atoms with E-state index in [1.165, 1.54) is 29.8 Å². The molecule has 1 amide bonds. The van der Waals surface area contributed by atoms with Gasteiger partial charge in [0.05, 0.1) is 36.8 Å². The average Bonchev–Trinajstić information content (AvgIpc) is 3.27. The third-order valence-electron chi connectivity index (χ3n) is 5.05. The monoisotopic (exact) mass is 458 g/mol. The topological polar surface area (TPSA) is 93.5 Å². The fourth-order valence-electron chi connectivity index (χ4n) is 3.41. The third kappa shape index (κ3) is 4.19. The van der Waals surface area contributed by atoms with E-state index in [0.29, 0.717) is 13.1 Å². The van der Waals surface area contributed by atoms with Gasteiger partial charge in [-0.05, 0) is 35.6 Å². The molecule has 0 saturated heterocycles. The number of thiophene rings is 1. The molecule has 4 rings (SSSR count). The van der Waals surface area contributed by atoms with Crippen LogP contribution in [0.2, 0.25) is 5.02 Å². The number of carbonyl (C=O) groups is 2. The normalized spacial score (nSPS) is 12.9. The van der Waals surface area contributed by atoms with Crippen LogP contribution in [0.15, 0.2) is 46.7 Å². The molecule has 3 aromatic rings. The molecule has 31 heavy (non-hydrogen) atoms. The predicted octanol–water partition coefficient (Wildman–Crippen LogP) is 2.73. The second-order valence-corrected chi connectivity index (χ2v) is 8.26. The Morgan fingerprint density at radius 3 is 2.90 bits per heavy atom. The van der Waals surface area contributed by atoms with Crippen LogP contribution in [0.1, 0.15) is 20.8 Å². The molecule has 1 aliphatic heterocycles. The highest BCUT2D eigenvalue weighted by Crippen LogP contribution is 2.24. The lowest BCUT2D eigenvalue weighted by Gasteiger charge is -2.27. The van der Waals surface area contributed by atoms with Gasteiger partial charge in [-0.3, -0.25) is 9.59 Å². The summed E-state index contributed by atoms with van der Waals surface area (Å²) in [6.45, 7) is 1.23. The number of anilines is 1. The number of carbonyl (C=O) groups excluding carboxylic acids is 2. The van der Waals surface area contributed by atoms with Gasteiger partial charge in [-0.2, -0.15) is 9.78 Å². The number of nitrogens with one attached hydrogen (secondary N) is 1. The quantitative estimate of drug-likeness (QED) is 0.591. The van der Waals surface area contributed by atoms with Crippen molar-refractivity contribution in [3.63, 3.8) is 0 Å². The standard InChI is InChI=1S/C21H19ClN4O4S/c1-30-21(29)14-4-2-3-5-16(14)26-20(28)19(22)15(10-24-26)23-11-18(27)25-8-6-17-13(12-25)7-9-31-17/h2-5,7,9-10,23H,6,8,11-12H2,1H3. The van der Waals surface area contributed by atoms with E-state index in [2.05, 4.69) is 10.4 Å². The lowest BCUT2D eigenvalue weighted by molar-refractivity contribution is -0.130. The van der Waals surface area contributed by atoms with E-state index < -0.39 is 11.5 Å². The first-order valence-corrected chi connectivity index (χ1v) is 10.8. The lowest BCUT2D eigenvalue weighted by atomic mass is 10.1. The van der Waals surface area contributed by atoms with Crippen LogP contribution in [0.25, 0.3) is 5.69 Å². The minimum absolute atomic E-state index is 0.0108. The predicted molar refractivity (Wildman–Crippen MR) is 118 cm³/mol. The van der Waals surface area contributed by atoms with Crippen molar-refractivity contribution in [2.24, 2.45) is 0 Å². The first-order valence-electron chi connectivity index (χ1n) is 9.52. The molecule has 160 valence electrons. The Kier molecular flexibility index (Phi) is 6.06. The highest BCUT2D eigenvalue weighted by molar-refractivity contribution is 7.10. The summed E-state index contributed by atoms with van der Waals surface area (Å²) in [5, 5.41) is 8.95. The number of benzene rings is 1. The van der Waals surface area contributed by atoms with Crippen LogP contribution in [0.5, 0.6) is 0 Å². The van der Waals surface area contributed by atoms with Crippen molar-refractivity contribution >= 4 is 40.5 Å². The maximum absolute atomic E-state index is 12.8. The summed E-state index contributed by atoms with van der Waals surface area (Å²) in [7, 11) is 1.26. The number of aromatic nitrogens is 2. The number of rotatable bonds is 5. The fraction of sp³-hybridized carbons (Fsp3) is 0.238. The number of halogens is 1. The van der Waals surface area contributed by atoms with Crippen molar-refractivity contribution in [2.45, 2.75) is 13.0 Å². The zero-order valence-electron chi connectivity index (χ0n) is 16.6. The number of fused-ring (bicyclic) bond motifs is 1. The van der Waals surface area contributed by atoms with E-state index in [9.17, 15) is 14.4 Å². The van der Waals surface area contributed by atoms with Crippen molar-refractivity contribution in [1.82, 2.24) is 14.7 Å². The SMILES string of the molecule is COC(=O)c1ccccc1-n1ncc(NCC(=O)N2CCc3sccc3C2)c(Cl)c1=O. The van der Waals surface area contributed by atoms with Crippen molar-refractivity contribution < 1.29 is 14.3 Å². The molecule has 3 heterocycles. The highest BCUT2D eigenvalue weighted by Gasteiger charge is 2.22. The van der Waals surface area contributed by atoms with Gasteiger partial charge in [-0.15, -0.1) is 11.3 Å². The number of nitrogens with zero attached hydrogens (tertiary/aromatic N) is 3. The first-order chi connectivity index (χ1) is 15.0. The van der Waals surface area contributed by atoms with Crippen molar-refractivity contribution in [2.75, 3.05) is 25.5 Å². The molecule has 1 aliphatic rings. The van der Waals surface area contributed by atoms with Crippen LogP contribution in [0.3, 0.4) is 0 Å². The number of hydrogen-bond acceptors (Lipinski definition) is 7. The zero-order valence-corrected chi connectivity index (χ0v) is 18.2. The molecule has 2 aromatic heterocycles. The molecular formula is C21H19ClN4O4S. The number of esters is 1. The van der Waals surface area contributed by atoms with Crippen LogP contribution in [-0.4, -0.2) is 46.8 Å². The van der Waals surface area contributed by atoms with Crippen LogP contribution in [-0.2, 0) is 22.5 Å².